The van der Waals surface area contributed by atoms with E-state index in [2.05, 4.69) is 51.1 Å². The summed E-state index contributed by atoms with van der Waals surface area (Å²) >= 11 is 5.05. The lowest BCUT2D eigenvalue weighted by molar-refractivity contribution is 0.587. The Hall–Kier alpha value is -0.910. The van der Waals surface area contributed by atoms with Crippen molar-refractivity contribution in [1.82, 2.24) is 15.3 Å². The Labute approximate surface area is 126 Å². The molecule has 0 saturated carbocycles. The first-order valence-electron chi connectivity index (χ1n) is 6.12. The molecule has 5 heteroatoms. The van der Waals surface area contributed by atoms with Gasteiger partial charge in [-0.2, -0.15) is 0 Å². The summed E-state index contributed by atoms with van der Waals surface area (Å²) in [5.74, 6) is 0. The zero-order valence-electron chi connectivity index (χ0n) is 10.9. The molecule has 2 aromatic heterocycles. The van der Waals surface area contributed by atoms with Crippen LogP contribution >= 0.6 is 27.7 Å². The number of hydrogen-bond acceptors (Lipinski definition) is 4. The Bertz CT molecular complexity index is 528. The minimum Gasteiger partial charge on any atom is -0.310 e. The Morgan fingerprint density at radius 2 is 2.11 bits per heavy atom. The van der Waals surface area contributed by atoms with Crippen LogP contribution in [0.2, 0.25) is 0 Å². The van der Waals surface area contributed by atoms with Gasteiger partial charge in [0.1, 0.15) is 10.1 Å². The number of pyridine rings is 2. The molecule has 0 atom stereocenters. The number of halogens is 1. The van der Waals surface area contributed by atoms with Crippen molar-refractivity contribution >= 4 is 27.7 Å². The van der Waals surface area contributed by atoms with Gasteiger partial charge in [0.2, 0.25) is 0 Å². The van der Waals surface area contributed by atoms with Gasteiger partial charge in [-0.15, -0.1) is 0 Å². The molecule has 0 saturated heterocycles. The third kappa shape index (κ3) is 4.60. The summed E-state index contributed by atoms with van der Waals surface area (Å²) in [6, 6.07) is 8.50. The van der Waals surface area contributed by atoms with E-state index in [9.17, 15) is 0 Å². The fourth-order valence-electron chi connectivity index (χ4n) is 1.44. The van der Waals surface area contributed by atoms with Crippen molar-refractivity contribution in [2.24, 2.45) is 0 Å². The van der Waals surface area contributed by atoms with Crippen molar-refractivity contribution in [2.45, 2.75) is 36.5 Å². The maximum atomic E-state index is 4.46. The third-order valence-corrected chi connectivity index (χ3v) is 4.31. The first-order chi connectivity index (χ1) is 9.15. The van der Waals surface area contributed by atoms with Crippen molar-refractivity contribution in [3.8, 4) is 0 Å². The zero-order chi connectivity index (χ0) is 13.7. The molecule has 2 rings (SSSR count). The Morgan fingerprint density at radius 3 is 2.74 bits per heavy atom. The van der Waals surface area contributed by atoms with Gasteiger partial charge in [-0.3, -0.25) is 0 Å². The van der Waals surface area contributed by atoms with Crippen molar-refractivity contribution in [1.29, 1.82) is 0 Å². The fraction of sp³-hybridized carbons (Fsp3) is 0.286. The molecule has 0 aliphatic carbocycles. The lowest BCUT2D eigenvalue weighted by Crippen LogP contribution is -2.21. The lowest BCUT2D eigenvalue weighted by atomic mass is 10.2. The Morgan fingerprint density at radius 1 is 1.26 bits per heavy atom. The number of aromatic nitrogens is 2. The molecule has 0 amide bonds. The minimum atomic E-state index is 0.485. The van der Waals surface area contributed by atoms with Crippen molar-refractivity contribution in [3.05, 3.63) is 46.7 Å². The van der Waals surface area contributed by atoms with Gasteiger partial charge in [-0.05, 0) is 51.5 Å². The molecule has 0 bridgehead atoms. The van der Waals surface area contributed by atoms with E-state index in [1.54, 1.807) is 18.0 Å². The Kier molecular flexibility index (Phi) is 5.36. The monoisotopic (exact) mass is 337 g/mol. The molecular formula is C14H16BrN3S. The van der Waals surface area contributed by atoms with Crippen LogP contribution in [0.3, 0.4) is 0 Å². The highest BCUT2D eigenvalue weighted by Crippen LogP contribution is 2.29. The van der Waals surface area contributed by atoms with Gasteiger partial charge in [0.15, 0.2) is 0 Å². The fourth-order valence-corrected chi connectivity index (χ4v) is 2.66. The van der Waals surface area contributed by atoms with Crippen molar-refractivity contribution < 1.29 is 0 Å². The highest BCUT2D eigenvalue weighted by molar-refractivity contribution is 9.10. The molecule has 2 aromatic rings. The molecule has 0 aliphatic rings. The molecule has 100 valence electrons. The number of rotatable bonds is 5. The quantitative estimate of drug-likeness (QED) is 0.898. The van der Waals surface area contributed by atoms with Crippen LogP contribution in [-0.4, -0.2) is 16.0 Å². The largest absolute Gasteiger partial charge is 0.310 e. The summed E-state index contributed by atoms with van der Waals surface area (Å²) < 4.78 is 0.993. The predicted molar refractivity (Wildman–Crippen MR) is 82.3 cm³/mol. The van der Waals surface area contributed by atoms with Crippen LogP contribution in [0.1, 0.15) is 19.4 Å². The maximum Gasteiger partial charge on any atom is 0.116 e. The molecule has 3 nitrogen and oxygen atoms in total. The first kappa shape index (κ1) is 14.5. The average molecular weight is 338 g/mol. The van der Waals surface area contributed by atoms with E-state index >= 15 is 0 Å². The van der Waals surface area contributed by atoms with E-state index in [4.69, 9.17) is 0 Å². The SMILES string of the molecule is CC(C)NCc1ccc(Sc2ncccc2Br)nc1. The summed E-state index contributed by atoms with van der Waals surface area (Å²) in [7, 11) is 0. The van der Waals surface area contributed by atoms with Crippen LogP contribution < -0.4 is 5.32 Å². The van der Waals surface area contributed by atoms with E-state index < -0.39 is 0 Å². The zero-order valence-corrected chi connectivity index (χ0v) is 13.3. The summed E-state index contributed by atoms with van der Waals surface area (Å²) in [6.07, 6.45) is 3.70. The van der Waals surface area contributed by atoms with Gasteiger partial charge in [-0.1, -0.05) is 19.9 Å². The van der Waals surface area contributed by atoms with Gasteiger partial charge < -0.3 is 5.32 Å². The normalized spacial score (nSPS) is 10.9. The second-order valence-electron chi connectivity index (χ2n) is 4.43. The van der Waals surface area contributed by atoms with Crippen molar-refractivity contribution in [2.75, 3.05) is 0 Å². The van der Waals surface area contributed by atoms with Crippen LogP contribution in [0, 0.1) is 0 Å². The molecule has 0 spiro atoms. The van der Waals surface area contributed by atoms with Crippen LogP contribution in [0.5, 0.6) is 0 Å². The molecule has 1 N–H and O–H groups in total. The second kappa shape index (κ2) is 7.03. The lowest BCUT2D eigenvalue weighted by Gasteiger charge is -2.08. The second-order valence-corrected chi connectivity index (χ2v) is 6.30. The number of hydrogen-bond donors (Lipinski definition) is 1. The Balaban J connectivity index is 2.01. The molecular weight excluding hydrogens is 322 g/mol. The van der Waals surface area contributed by atoms with Gasteiger partial charge >= 0.3 is 0 Å². The van der Waals surface area contributed by atoms with E-state index in [1.165, 1.54) is 5.56 Å². The smallest absolute Gasteiger partial charge is 0.116 e. The summed E-state index contributed by atoms with van der Waals surface area (Å²) in [4.78, 5) is 8.77. The van der Waals surface area contributed by atoms with E-state index in [0.717, 1.165) is 21.1 Å². The molecule has 0 aromatic carbocycles. The standard InChI is InChI=1S/C14H16BrN3S/c1-10(2)17-8-11-5-6-13(18-9-11)19-14-12(15)4-3-7-16-14/h3-7,9-10,17H,8H2,1-2H3. The van der Waals surface area contributed by atoms with E-state index in [0.29, 0.717) is 6.04 Å². The first-order valence-corrected chi connectivity index (χ1v) is 7.73. The topological polar surface area (TPSA) is 37.8 Å². The summed E-state index contributed by atoms with van der Waals surface area (Å²) in [5, 5.41) is 5.26. The van der Waals surface area contributed by atoms with Gasteiger partial charge in [0.05, 0.1) is 4.47 Å². The van der Waals surface area contributed by atoms with Crippen LogP contribution in [-0.2, 0) is 6.54 Å². The molecule has 0 unspecified atom stereocenters. The molecule has 0 aliphatic heterocycles. The average Bonchev–Trinajstić information content (AvgIpc) is 2.40. The summed E-state index contributed by atoms with van der Waals surface area (Å²) in [6.45, 7) is 5.12. The minimum absolute atomic E-state index is 0.485. The third-order valence-electron chi connectivity index (χ3n) is 2.44. The van der Waals surface area contributed by atoms with Gasteiger partial charge in [-0.25, -0.2) is 9.97 Å². The van der Waals surface area contributed by atoms with Crippen LogP contribution in [0.4, 0.5) is 0 Å². The summed E-state index contributed by atoms with van der Waals surface area (Å²) in [5.41, 5.74) is 1.19. The molecule has 0 radical (unpaired) electrons. The van der Waals surface area contributed by atoms with E-state index in [-0.39, 0.29) is 0 Å². The van der Waals surface area contributed by atoms with Crippen molar-refractivity contribution in [3.63, 3.8) is 0 Å². The van der Waals surface area contributed by atoms with Crippen LogP contribution in [0.25, 0.3) is 0 Å². The molecule has 2 heterocycles. The number of nitrogens with zero attached hydrogens (tertiary/aromatic N) is 2. The number of nitrogens with one attached hydrogen (secondary N) is 1. The van der Waals surface area contributed by atoms with E-state index in [1.807, 2.05) is 24.4 Å². The van der Waals surface area contributed by atoms with Crippen LogP contribution in [0.15, 0.2) is 51.2 Å². The molecule has 0 fully saturated rings. The van der Waals surface area contributed by atoms with Gasteiger partial charge in [0.25, 0.3) is 0 Å². The molecule has 19 heavy (non-hydrogen) atoms. The van der Waals surface area contributed by atoms with Gasteiger partial charge in [0, 0.05) is 25.0 Å². The maximum absolute atomic E-state index is 4.46. The highest BCUT2D eigenvalue weighted by atomic mass is 79.9. The highest BCUT2D eigenvalue weighted by Gasteiger charge is 2.04. The predicted octanol–water partition coefficient (Wildman–Crippen LogP) is 3.89.